The first-order valence-corrected chi connectivity index (χ1v) is 7.13. The molecule has 0 amide bonds. The highest BCUT2D eigenvalue weighted by Gasteiger charge is 2.23. The first-order valence-electron chi connectivity index (χ1n) is 7.13. The molecule has 0 spiro atoms. The minimum atomic E-state index is -0.217. The Bertz CT molecular complexity index is 435. The van der Waals surface area contributed by atoms with Crippen molar-refractivity contribution >= 4 is 0 Å². The van der Waals surface area contributed by atoms with Crippen LogP contribution in [-0.4, -0.2) is 30.5 Å². The van der Waals surface area contributed by atoms with E-state index in [2.05, 4.69) is 11.4 Å². The van der Waals surface area contributed by atoms with Crippen molar-refractivity contribution < 1.29 is 14.6 Å². The van der Waals surface area contributed by atoms with Gasteiger partial charge in [-0.3, -0.25) is 0 Å². The Balaban J connectivity index is 1.66. The third kappa shape index (κ3) is 2.85. The molecule has 2 aliphatic rings. The van der Waals surface area contributed by atoms with E-state index >= 15 is 0 Å². The topological polar surface area (TPSA) is 50.7 Å². The van der Waals surface area contributed by atoms with Gasteiger partial charge < -0.3 is 19.9 Å². The Labute approximate surface area is 113 Å². The van der Waals surface area contributed by atoms with Crippen LogP contribution in [0.2, 0.25) is 0 Å². The molecule has 3 rings (SSSR count). The third-order valence-electron chi connectivity index (χ3n) is 3.93. The zero-order valence-corrected chi connectivity index (χ0v) is 11.1. The average molecular weight is 263 g/mol. The Morgan fingerprint density at radius 1 is 1.16 bits per heavy atom. The van der Waals surface area contributed by atoms with Gasteiger partial charge in [0.2, 0.25) is 0 Å². The number of nitrogens with one attached hydrogen (secondary N) is 1. The number of aliphatic hydroxyl groups excluding tert-OH is 1. The fourth-order valence-electron chi connectivity index (χ4n) is 2.86. The molecule has 0 radical (unpaired) electrons. The van der Waals surface area contributed by atoms with E-state index in [4.69, 9.17) is 9.47 Å². The maximum Gasteiger partial charge on any atom is 0.165 e. The molecule has 4 nitrogen and oxygen atoms in total. The van der Waals surface area contributed by atoms with Crippen molar-refractivity contribution in [3.05, 3.63) is 23.8 Å². The highest BCUT2D eigenvalue weighted by atomic mass is 16.6. The first-order chi connectivity index (χ1) is 9.34. The number of hydrogen-bond acceptors (Lipinski definition) is 4. The number of benzene rings is 1. The minimum absolute atomic E-state index is 0.203. The summed E-state index contributed by atoms with van der Waals surface area (Å²) in [5, 5.41) is 13.4. The molecule has 1 saturated carbocycles. The summed E-state index contributed by atoms with van der Waals surface area (Å²) in [5.41, 5.74) is 1.11. The summed E-state index contributed by atoms with van der Waals surface area (Å²) < 4.78 is 11.3. The second-order valence-corrected chi connectivity index (χ2v) is 5.28. The lowest BCUT2D eigenvalue weighted by Crippen LogP contribution is -2.41. The highest BCUT2D eigenvalue weighted by Crippen LogP contribution is 2.33. The van der Waals surface area contributed by atoms with Crippen molar-refractivity contribution in [2.45, 2.75) is 44.4 Å². The van der Waals surface area contributed by atoms with Gasteiger partial charge in [-0.1, -0.05) is 25.0 Å². The molecule has 2 atom stereocenters. The van der Waals surface area contributed by atoms with Crippen LogP contribution < -0.4 is 14.8 Å². The number of para-hydroxylation sites is 1. The predicted molar refractivity (Wildman–Crippen MR) is 72.5 cm³/mol. The number of ether oxygens (including phenoxy) is 2. The van der Waals surface area contributed by atoms with Gasteiger partial charge in [-0.25, -0.2) is 0 Å². The zero-order chi connectivity index (χ0) is 13.1. The van der Waals surface area contributed by atoms with Gasteiger partial charge in [-0.15, -0.1) is 0 Å². The number of aliphatic hydroxyl groups is 1. The van der Waals surface area contributed by atoms with Crippen molar-refractivity contribution in [3.8, 4) is 11.5 Å². The van der Waals surface area contributed by atoms with Gasteiger partial charge in [0.1, 0.15) is 13.2 Å². The largest absolute Gasteiger partial charge is 0.486 e. The molecule has 4 heteroatoms. The van der Waals surface area contributed by atoms with Crippen molar-refractivity contribution in [1.82, 2.24) is 5.32 Å². The Morgan fingerprint density at radius 3 is 2.89 bits per heavy atom. The van der Waals surface area contributed by atoms with E-state index in [-0.39, 0.29) is 12.1 Å². The molecule has 0 unspecified atom stereocenters. The number of rotatable bonds is 3. The van der Waals surface area contributed by atoms with Crippen molar-refractivity contribution in [1.29, 1.82) is 0 Å². The van der Waals surface area contributed by atoms with Gasteiger partial charge in [0.25, 0.3) is 0 Å². The number of fused-ring (bicyclic) bond motifs is 1. The molecule has 1 aromatic rings. The standard InChI is InChI=1S/C15H21NO3/c17-13-6-2-1-5-12(13)16-10-11-4-3-7-14-15(11)19-9-8-18-14/h3-4,7,12-13,16-17H,1-2,5-6,8-10H2/t12-,13-/m0/s1. The summed E-state index contributed by atoms with van der Waals surface area (Å²) >= 11 is 0. The molecular weight excluding hydrogens is 242 g/mol. The monoisotopic (exact) mass is 263 g/mol. The molecule has 0 aromatic heterocycles. The molecule has 2 N–H and O–H groups in total. The van der Waals surface area contributed by atoms with Crippen LogP contribution in [0.4, 0.5) is 0 Å². The van der Waals surface area contributed by atoms with Crippen LogP contribution in [0.3, 0.4) is 0 Å². The van der Waals surface area contributed by atoms with Crippen molar-refractivity contribution in [3.63, 3.8) is 0 Å². The van der Waals surface area contributed by atoms with Gasteiger partial charge in [0.05, 0.1) is 6.10 Å². The summed E-state index contributed by atoms with van der Waals surface area (Å²) in [4.78, 5) is 0. The van der Waals surface area contributed by atoms with E-state index in [1.54, 1.807) is 0 Å². The maximum atomic E-state index is 9.97. The highest BCUT2D eigenvalue weighted by molar-refractivity contribution is 5.47. The maximum absolute atomic E-state index is 9.97. The van der Waals surface area contributed by atoms with Crippen LogP contribution in [0.5, 0.6) is 11.5 Å². The van der Waals surface area contributed by atoms with Gasteiger partial charge >= 0.3 is 0 Å². The zero-order valence-electron chi connectivity index (χ0n) is 11.1. The predicted octanol–water partition coefficient (Wildman–Crippen LogP) is 1.85. The SMILES string of the molecule is O[C@H]1CCCC[C@@H]1NCc1cccc2c1OCCO2. The summed E-state index contributed by atoms with van der Waals surface area (Å²) in [6.45, 7) is 1.94. The molecule has 1 heterocycles. The normalized spacial score (nSPS) is 26.2. The van der Waals surface area contributed by atoms with Crippen LogP contribution in [-0.2, 0) is 6.54 Å². The van der Waals surface area contributed by atoms with Crippen LogP contribution in [0.1, 0.15) is 31.2 Å². The van der Waals surface area contributed by atoms with Gasteiger partial charge in [0.15, 0.2) is 11.5 Å². The van der Waals surface area contributed by atoms with E-state index in [9.17, 15) is 5.11 Å². The summed E-state index contributed by atoms with van der Waals surface area (Å²) in [5.74, 6) is 1.68. The molecular formula is C15H21NO3. The van der Waals surface area contributed by atoms with E-state index in [0.29, 0.717) is 19.8 Å². The quantitative estimate of drug-likeness (QED) is 0.874. The average Bonchev–Trinajstić information content (AvgIpc) is 2.46. The fourth-order valence-corrected chi connectivity index (χ4v) is 2.86. The van der Waals surface area contributed by atoms with Crippen LogP contribution in [0.25, 0.3) is 0 Å². The Morgan fingerprint density at radius 2 is 2.00 bits per heavy atom. The van der Waals surface area contributed by atoms with Crippen LogP contribution in [0.15, 0.2) is 18.2 Å². The molecule has 0 bridgehead atoms. The molecule has 0 saturated heterocycles. The summed E-state index contributed by atoms with van der Waals surface area (Å²) in [7, 11) is 0. The fraction of sp³-hybridized carbons (Fsp3) is 0.600. The van der Waals surface area contributed by atoms with Gasteiger partial charge in [-0.05, 0) is 18.9 Å². The lowest BCUT2D eigenvalue weighted by molar-refractivity contribution is 0.0899. The van der Waals surface area contributed by atoms with E-state index in [0.717, 1.165) is 36.3 Å². The van der Waals surface area contributed by atoms with E-state index in [1.807, 2.05) is 12.1 Å². The second kappa shape index (κ2) is 5.80. The molecule has 1 fully saturated rings. The smallest absolute Gasteiger partial charge is 0.165 e. The lowest BCUT2D eigenvalue weighted by Gasteiger charge is -2.29. The van der Waals surface area contributed by atoms with E-state index in [1.165, 1.54) is 6.42 Å². The summed E-state index contributed by atoms with van der Waals surface area (Å²) in [6, 6.07) is 6.18. The second-order valence-electron chi connectivity index (χ2n) is 5.28. The Hall–Kier alpha value is -1.26. The van der Waals surface area contributed by atoms with Crippen LogP contribution in [0, 0.1) is 0 Å². The molecule has 1 aliphatic carbocycles. The lowest BCUT2D eigenvalue weighted by atomic mass is 9.92. The molecule has 1 aliphatic heterocycles. The third-order valence-corrected chi connectivity index (χ3v) is 3.93. The molecule has 1 aromatic carbocycles. The summed E-state index contributed by atoms with van der Waals surface area (Å²) in [6.07, 6.45) is 4.07. The van der Waals surface area contributed by atoms with Gasteiger partial charge in [0, 0.05) is 18.2 Å². The molecule has 19 heavy (non-hydrogen) atoms. The Kier molecular flexibility index (Phi) is 3.89. The van der Waals surface area contributed by atoms with Crippen molar-refractivity contribution in [2.24, 2.45) is 0 Å². The molecule has 104 valence electrons. The minimum Gasteiger partial charge on any atom is -0.486 e. The van der Waals surface area contributed by atoms with Crippen molar-refractivity contribution in [2.75, 3.05) is 13.2 Å². The van der Waals surface area contributed by atoms with Gasteiger partial charge in [-0.2, -0.15) is 0 Å². The van der Waals surface area contributed by atoms with Crippen LogP contribution >= 0.6 is 0 Å². The first kappa shape index (κ1) is 12.8. The van der Waals surface area contributed by atoms with E-state index < -0.39 is 0 Å². The number of hydrogen-bond donors (Lipinski definition) is 2.